The van der Waals surface area contributed by atoms with Gasteiger partial charge >= 0.3 is 0 Å². The van der Waals surface area contributed by atoms with Crippen molar-refractivity contribution in [1.29, 1.82) is 0 Å². The lowest BCUT2D eigenvalue weighted by Crippen LogP contribution is -2.37. The van der Waals surface area contributed by atoms with Gasteiger partial charge < -0.3 is 10.2 Å². The van der Waals surface area contributed by atoms with Crippen LogP contribution in [0.25, 0.3) is 0 Å². The van der Waals surface area contributed by atoms with E-state index < -0.39 is 6.04 Å². The van der Waals surface area contributed by atoms with Crippen LogP contribution in [-0.4, -0.2) is 39.3 Å². The lowest BCUT2D eigenvalue weighted by molar-refractivity contribution is -0.130. The Bertz CT molecular complexity index is 1170. The number of hydrogen-bond acceptors (Lipinski definition) is 3. The van der Waals surface area contributed by atoms with E-state index in [4.69, 9.17) is 23.8 Å². The van der Waals surface area contributed by atoms with Gasteiger partial charge in [0.1, 0.15) is 11.9 Å². The van der Waals surface area contributed by atoms with Gasteiger partial charge in [-0.2, -0.15) is 0 Å². The minimum Gasteiger partial charge on any atom is -0.332 e. The van der Waals surface area contributed by atoms with E-state index >= 15 is 0 Å². The Hall–Kier alpha value is -3.29. The van der Waals surface area contributed by atoms with E-state index in [0.29, 0.717) is 35.3 Å². The maximum atomic E-state index is 13.4. The molecule has 1 saturated heterocycles. The van der Waals surface area contributed by atoms with Crippen LogP contribution in [0.1, 0.15) is 17.5 Å². The van der Waals surface area contributed by atoms with Crippen molar-refractivity contribution >= 4 is 46.4 Å². The van der Waals surface area contributed by atoms with Gasteiger partial charge in [0.25, 0.3) is 5.91 Å². The molecule has 1 aliphatic heterocycles. The lowest BCUT2D eigenvalue weighted by atomic mass is 10.1. The first kappa shape index (κ1) is 23.9. The van der Waals surface area contributed by atoms with Crippen LogP contribution in [0.2, 0.25) is 5.02 Å². The SMILES string of the molecule is O=C(CC1C(=O)N(CCc2ccccc2)C(=S)N1Cc1ccc(F)cc1)Nc1ccc(Cl)cc1. The fourth-order valence-corrected chi connectivity index (χ4v) is 4.37. The van der Waals surface area contributed by atoms with Crippen LogP contribution in [0.3, 0.4) is 0 Å². The molecule has 8 heteroatoms. The molecule has 3 aromatic rings. The quantitative estimate of drug-likeness (QED) is 0.444. The maximum Gasteiger partial charge on any atom is 0.252 e. The number of nitrogens with zero attached hydrogens (tertiary/aromatic N) is 2. The number of halogens is 2. The smallest absolute Gasteiger partial charge is 0.252 e. The van der Waals surface area contributed by atoms with Gasteiger partial charge in [-0.15, -0.1) is 0 Å². The Kier molecular flexibility index (Phi) is 7.55. The van der Waals surface area contributed by atoms with Crippen LogP contribution in [0, 0.1) is 5.82 Å². The summed E-state index contributed by atoms with van der Waals surface area (Å²) in [6, 6.07) is 21.9. The lowest BCUT2D eigenvalue weighted by Gasteiger charge is -2.24. The van der Waals surface area contributed by atoms with Crippen LogP contribution < -0.4 is 5.32 Å². The highest BCUT2D eigenvalue weighted by Crippen LogP contribution is 2.25. The van der Waals surface area contributed by atoms with Crippen molar-refractivity contribution < 1.29 is 14.0 Å². The molecule has 0 aromatic heterocycles. The molecule has 2 amide bonds. The van der Waals surface area contributed by atoms with E-state index in [0.717, 1.165) is 11.1 Å². The summed E-state index contributed by atoms with van der Waals surface area (Å²) in [5.41, 5.74) is 2.48. The number of rotatable bonds is 8. The van der Waals surface area contributed by atoms with Gasteiger partial charge in [0.15, 0.2) is 5.11 Å². The molecule has 34 heavy (non-hydrogen) atoms. The van der Waals surface area contributed by atoms with E-state index in [9.17, 15) is 14.0 Å². The third kappa shape index (κ3) is 5.79. The maximum absolute atomic E-state index is 13.4. The third-order valence-electron chi connectivity index (χ3n) is 5.64. The zero-order chi connectivity index (χ0) is 24.1. The molecular weight excluding hydrogens is 473 g/mol. The minimum atomic E-state index is -0.749. The Balaban J connectivity index is 1.51. The molecule has 4 rings (SSSR count). The molecule has 1 atom stereocenters. The van der Waals surface area contributed by atoms with Gasteiger partial charge in [-0.3, -0.25) is 14.5 Å². The number of carbonyl (C=O) groups is 2. The Morgan fingerprint density at radius 2 is 1.65 bits per heavy atom. The highest BCUT2D eigenvalue weighted by Gasteiger charge is 2.43. The molecule has 1 N–H and O–H groups in total. The summed E-state index contributed by atoms with van der Waals surface area (Å²) in [7, 11) is 0. The van der Waals surface area contributed by atoms with Gasteiger partial charge in [0.2, 0.25) is 5.91 Å². The minimum absolute atomic E-state index is 0.0648. The Morgan fingerprint density at radius 1 is 0.971 bits per heavy atom. The molecule has 0 radical (unpaired) electrons. The summed E-state index contributed by atoms with van der Waals surface area (Å²) in [4.78, 5) is 29.5. The molecule has 5 nitrogen and oxygen atoms in total. The molecular formula is C26H23ClFN3O2S. The Morgan fingerprint density at radius 3 is 2.32 bits per heavy atom. The van der Waals surface area contributed by atoms with Crippen molar-refractivity contribution in [2.75, 3.05) is 11.9 Å². The number of thiocarbonyl (C=S) groups is 1. The van der Waals surface area contributed by atoms with Crippen molar-refractivity contribution in [3.63, 3.8) is 0 Å². The molecule has 0 spiro atoms. The summed E-state index contributed by atoms with van der Waals surface area (Å²) in [5.74, 6) is -0.862. The number of amides is 2. The molecule has 1 aliphatic rings. The summed E-state index contributed by atoms with van der Waals surface area (Å²) < 4.78 is 13.4. The standard InChI is InChI=1S/C26H23ClFN3O2S/c27-20-8-12-22(13-9-20)29-24(32)16-23-25(33)30(15-14-18-4-2-1-3-5-18)26(34)31(23)17-19-6-10-21(28)11-7-19/h1-13,23H,14-17H2,(H,29,32). The fraction of sp³-hybridized carbons (Fsp3) is 0.192. The number of benzene rings is 3. The van der Waals surface area contributed by atoms with Crippen LogP contribution in [0.4, 0.5) is 10.1 Å². The topological polar surface area (TPSA) is 52.7 Å². The zero-order valence-corrected chi connectivity index (χ0v) is 19.9. The second kappa shape index (κ2) is 10.8. The molecule has 1 heterocycles. The van der Waals surface area contributed by atoms with Gasteiger partial charge in [-0.1, -0.05) is 54.1 Å². The second-order valence-electron chi connectivity index (χ2n) is 8.04. The Labute approximate surface area is 208 Å². The first-order valence-corrected chi connectivity index (χ1v) is 11.6. The second-order valence-corrected chi connectivity index (χ2v) is 8.84. The average Bonchev–Trinajstić information content (AvgIpc) is 3.05. The fourth-order valence-electron chi connectivity index (χ4n) is 3.87. The summed E-state index contributed by atoms with van der Waals surface area (Å²) in [6.07, 6.45) is 0.575. The average molecular weight is 496 g/mol. The van der Waals surface area contributed by atoms with E-state index in [1.165, 1.54) is 12.1 Å². The van der Waals surface area contributed by atoms with Gasteiger partial charge in [0, 0.05) is 23.8 Å². The summed E-state index contributed by atoms with van der Waals surface area (Å²) in [5, 5.41) is 3.74. The van der Waals surface area contributed by atoms with Gasteiger partial charge in [0.05, 0.1) is 6.42 Å². The number of nitrogens with one attached hydrogen (secondary N) is 1. The summed E-state index contributed by atoms with van der Waals surface area (Å²) >= 11 is 11.6. The van der Waals surface area contributed by atoms with Crippen LogP contribution in [0.5, 0.6) is 0 Å². The largest absolute Gasteiger partial charge is 0.332 e. The molecule has 1 fully saturated rings. The summed E-state index contributed by atoms with van der Waals surface area (Å²) in [6.45, 7) is 0.711. The highest BCUT2D eigenvalue weighted by molar-refractivity contribution is 7.80. The van der Waals surface area contributed by atoms with Crippen molar-refractivity contribution in [3.05, 3.63) is 101 Å². The van der Waals surface area contributed by atoms with E-state index in [2.05, 4.69) is 5.32 Å². The normalized spacial score (nSPS) is 15.6. The monoisotopic (exact) mass is 495 g/mol. The number of anilines is 1. The van der Waals surface area contributed by atoms with Crippen molar-refractivity contribution in [2.45, 2.75) is 25.4 Å². The molecule has 174 valence electrons. The number of carbonyl (C=O) groups excluding carboxylic acids is 2. The number of hydrogen-bond donors (Lipinski definition) is 1. The van der Waals surface area contributed by atoms with Crippen LogP contribution in [-0.2, 0) is 22.6 Å². The van der Waals surface area contributed by atoms with Crippen LogP contribution in [0.15, 0.2) is 78.9 Å². The van der Waals surface area contributed by atoms with E-state index in [1.807, 2.05) is 30.3 Å². The molecule has 0 bridgehead atoms. The molecule has 3 aromatic carbocycles. The molecule has 1 unspecified atom stereocenters. The van der Waals surface area contributed by atoms with Crippen molar-refractivity contribution in [1.82, 2.24) is 9.80 Å². The van der Waals surface area contributed by atoms with E-state index in [-0.39, 0.29) is 24.1 Å². The van der Waals surface area contributed by atoms with Crippen LogP contribution >= 0.6 is 23.8 Å². The first-order valence-electron chi connectivity index (χ1n) is 10.9. The van der Waals surface area contributed by atoms with Crippen molar-refractivity contribution in [3.8, 4) is 0 Å². The first-order chi connectivity index (χ1) is 16.4. The van der Waals surface area contributed by atoms with Gasteiger partial charge in [-0.05, 0) is 66.2 Å². The zero-order valence-electron chi connectivity index (χ0n) is 18.3. The predicted octanol–water partition coefficient (Wildman–Crippen LogP) is 5.05. The molecule has 0 aliphatic carbocycles. The van der Waals surface area contributed by atoms with Crippen molar-refractivity contribution in [2.24, 2.45) is 0 Å². The molecule has 0 saturated carbocycles. The van der Waals surface area contributed by atoms with Gasteiger partial charge in [-0.25, -0.2) is 4.39 Å². The third-order valence-corrected chi connectivity index (χ3v) is 6.35. The predicted molar refractivity (Wildman–Crippen MR) is 135 cm³/mol. The van der Waals surface area contributed by atoms with E-state index in [1.54, 1.807) is 46.2 Å². The highest BCUT2D eigenvalue weighted by atomic mass is 35.5.